The lowest BCUT2D eigenvalue weighted by molar-refractivity contribution is 0.587. The molecule has 6 heteroatoms. The molecule has 0 unspecified atom stereocenters. The smallest absolute Gasteiger partial charge is 0.241 e. The van der Waals surface area contributed by atoms with Crippen LogP contribution in [-0.4, -0.2) is 20.0 Å². The lowest BCUT2D eigenvalue weighted by Gasteiger charge is -2.03. The molecule has 15 heavy (non-hydrogen) atoms. The number of aryl methyl sites for hydroxylation is 1. The van der Waals surface area contributed by atoms with E-state index in [4.69, 9.17) is 5.73 Å². The van der Waals surface area contributed by atoms with Crippen molar-refractivity contribution < 1.29 is 8.42 Å². The van der Waals surface area contributed by atoms with Crippen molar-refractivity contribution in [1.82, 2.24) is 9.29 Å². The summed E-state index contributed by atoms with van der Waals surface area (Å²) in [5.41, 5.74) is 6.38. The van der Waals surface area contributed by atoms with Crippen molar-refractivity contribution in [2.24, 2.45) is 5.73 Å². The molecule has 0 aliphatic carbocycles. The normalized spacial score (nSPS) is 11.9. The van der Waals surface area contributed by atoms with Crippen LogP contribution in [0.3, 0.4) is 0 Å². The molecule has 0 amide bonds. The zero-order chi connectivity index (χ0) is 11.5. The van der Waals surface area contributed by atoms with Crippen LogP contribution in [0.25, 0.3) is 0 Å². The molecule has 0 aliphatic rings. The summed E-state index contributed by atoms with van der Waals surface area (Å²) in [7, 11) is -1.96. The fourth-order valence-electron chi connectivity index (χ4n) is 1.41. The second-order valence-corrected chi connectivity index (χ2v) is 5.16. The predicted octanol–water partition coefficient (Wildman–Crippen LogP) is 0.265. The number of nitrogens with one attached hydrogen (secondary N) is 1. The van der Waals surface area contributed by atoms with Gasteiger partial charge in [0.05, 0.1) is 4.90 Å². The van der Waals surface area contributed by atoms with Crippen molar-refractivity contribution in [1.29, 1.82) is 0 Å². The van der Waals surface area contributed by atoms with Gasteiger partial charge in [-0.05, 0) is 19.5 Å². The van der Waals surface area contributed by atoms with Crippen LogP contribution >= 0.6 is 0 Å². The third-order valence-electron chi connectivity index (χ3n) is 2.21. The second kappa shape index (κ2) is 4.78. The number of nitrogens with zero attached hydrogens (tertiary/aromatic N) is 1. The summed E-state index contributed by atoms with van der Waals surface area (Å²) < 4.78 is 27.2. The van der Waals surface area contributed by atoms with Crippen molar-refractivity contribution in [2.45, 2.75) is 31.3 Å². The Labute approximate surface area is 90.3 Å². The van der Waals surface area contributed by atoms with Gasteiger partial charge < -0.3 is 10.3 Å². The van der Waals surface area contributed by atoms with E-state index in [1.165, 1.54) is 7.05 Å². The fourth-order valence-corrected chi connectivity index (χ4v) is 2.20. The van der Waals surface area contributed by atoms with Crippen LogP contribution in [-0.2, 0) is 23.1 Å². The number of hydrogen-bond acceptors (Lipinski definition) is 3. The lowest BCUT2D eigenvalue weighted by atomic mass is 10.4. The molecule has 1 aromatic heterocycles. The Hall–Kier alpha value is -0.850. The quantitative estimate of drug-likeness (QED) is 0.763. The molecule has 0 spiro atoms. The van der Waals surface area contributed by atoms with E-state index in [1.54, 1.807) is 12.3 Å². The SMILES string of the molecule is CCCn1cc(S(=O)(=O)NC)cc1CN. The van der Waals surface area contributed by atoms with Crippen LogP contribution < -0.4 is 10.5 Å². The third kappa shape index (κ3) is 2.58. The molecule has 0 aliphatic heterocycles. The Kier molecular flexibility index (Phi) is 3.90. The van der Waals surface area contributed by atoms with E-state index in [2.05, 4.69) is 4.72 Å². The molecule has 0 fully saturated rings. The Morgan fingerprint density at radius 2 is 2.20 bits per heavy atom. The van der Waals surface area contributed by atoms with Gasteiger partial charge in [0.25, 0.3) is 0 Å². The highest BCUT2D eigenvalue weighted by atomic mass is 32.2. The van der Waals surface area contributed by atoms with Gasteiger partial charge in [-0.3, -0.25) is 0 Å². The first-order chi connectivity index (χ1) is 7.05. The van der Waals surface area contributed by atoms with Gasteiger partial charge in [-0.2, -0.15) is 0 Å². The summed E-state index contributed by atoms with van der Waals surface area (Å²) in [6.07, 6.45) is 2.57. The highest BCUT2D eigenvalue weighted by molar-refractivity contribution is 7.89. The Bertz CT molecular complexity index is 423. The minimum atomic E-state index is -3.35. The molecular formula is C9H17N3O2S. The van der Waals surface area contributed by atoms with Crippen molar-refractivity contribution in [3.63, 3.8) is 0 Å². The van der Waals surface area contributed by atoms with E-state index in [0.29, 0.717) is 6.54 Å². The van der Waals surface area contributed by atoms with Gasteiger partial charge in [-0.1, -0.05) is 6.92 Å². The molecule has 86 valence electrons. The van der Waals surface area contributed by atoms with Gasteiger partial charge in [0.15, 0.2) is 0 Å². The number of nitrogens with two attached hydrogens (primary N) is 1. The first kappa shape index (κ1) is 12.2. The Morgan fingerprint density at radius 1 is 1.53 bits per heavy atom. The molecule has 5 nitrogen and oxygen atoms in total. The third-order valence-corrected chi connectivity index (χ3v) is 3.59. The molecule has 1 rings (SSSR count). The van der Waals surface area contributed by atoms with E-state index in [0.717, 1.165) is 18.7 Å². The summed E-state index contributed by atoms with van der Waals surface area (Å²) in [6, 6.07) is 1.61. The van der Waals surface area contributed by atoms with Crippen molar-refractivity contribution in [3.05, 3.63) is 18.0 Å². The molecule has 0 saturated heterocycles. The van der Waals surface area contributed by atoms with E-state index in [9.17, 15) is 8.42 Å². The van der Waals surface area contributed by atoms with Gasteiger partial charge in [-0.25, -0.2) is 13.1 Å². The average Bonchev–Trinajstić information content (AvgIpc) is 2.62. The minimum absolute atomic E-state index is 0.277. The number of sulfonamides is 1. The molecule has 0 bridgehead atoms. The molecule has 3 N–H and O–H groups in total. The molecule has 0 atom stereocenters. The maximum Gasteiger partial charge on any atom is 0.241 e. The summed E-state index contributed by atoms with van der Waals surface area (Å²) >= 11 is 0. The van der Waals surface area contributed by atoms with Crippen LogP contribution in [0, 0.1) is 0 Å². The lowest BCUT2D eigenvalue weighted by Crippen LogP contribution is -2.17. The van der Waals surface area contributed by atoms with Gasteiger partial charge in [0.2, 0.25) is 10.0 Å². The summed E-state index contributed by atoms with van der Waals surface area (Å²) in [4.78, 5) is 0.277. The molecule has 0 radical (unpaired) electrons. The maximum absolute atomic E-state index is 11.5. The predicted molar refractivity (Wildman–Crippen MR) is 58.9 cm³/mol. The largest absolute Gasteiger partial charge is 0.349 e. The topological polar surface area (TPSA) is 77.1 Å². The van der Waals surface area contributed by atoms with Crippen LogP contribution in [0.5, 0.6) is 0 Å². The second-order valence-electron chi connectivity index (χ2n) is 3.27. The van der Waals surface area contributed by atoms with Gasteiger partial charge in [0, 0.05) is 25.0 Å². The molecule has 1 aromatic rings. The standard InChI is InChI=1S/C9H17N3O2S/c1-3-4-12-7-9(5-8(12)6-10)15(13,14)11-2/h5,7,11H,3-4,6,10H2,1-2H3. The number of rotatable bonds is 5. The first-order valence-corrected chi connectivity index (χ1v) is 6.36. The zero-order valence-electron chi connectivity index (χ0n) is 9.03. The highest BCUT2D eigenvalue weighted by Crippen LogP contribution is 2.14. The fraction of sp³-hybridized carbons (Fsp3) is 0.556. The first-order valence-electron chi connectivity index (χ1n) is 4.87. The summed E-state index contributed by atoms with van der Waals surface area (Å²) in [5, 5.41) is 0. The average molecular weight is 231 g/mol. The minimum Gasteiger partial charge on any atom is -0.349 e. The molecule has 0 saturated carbocycles. The van der Waals surface area contributed by atoms with E-state index in [1.807, 2.05) is 11.5 Å². The molecule has 0 aromatic carbocycles. The number of hydrogen-bond donors (Lipinski definition) is 2. The van der Waals surface area contributed by atoms with Crippen LogP contribution in [0.1, 0.15) is 19.0 Å². The van der Waals surface area contributed by atoms with Crippen LogP contribution in [0.2, 0.25) is 0 Å². The van der Waals surface area contributed by atoms with E-state index < -0.39 is 10.0 Å². The number of aromatic nitrogens is 1. The van der Waals surface area contributed by atoms with Crippen molar-refractivity contribution in [3.8, 4) is 0 Å². The van der Waals surface area contributed by atoms with Gasteiger partial charge >= 0.3 is 0 Å². The van der Waals surface area contributed by atoms with Crippen LogP contribution in [0.15, 0.2) is 17.2 Å². The zero-order valence-corrected chi connectivity index (χ0v) is 9.84. The van der Waals surface area contributed by atoms with Gasteiger partial charge in [0.1, 0.15) is 0 Å². The van der Waals surface area contributed by atoms with Crippen molar-refractivity contribution in [2.75, 3.05) is 7.05 Å². The Balaban J connectivity index is 3.13. The maximum atomic E-state index is 11.5. The highest BCUT2D eigenvalue weighted by Gasteiger charge is 2.15. The van der Waals surface area contributed by atoms with E-state index in [-0.39, 0.29) is 4.90 Å². The van der Waals surface area contributed by atoms with Crippen molar-refractivity contribution >= 4 is 10.0 Å². The van der Waals surface area contributed by atoms with E-state index >= 15 is 0 Å². The van der Waals surface area contributed by atoms with Gasteiger partial charge in [-0.15, -0.1) is 0 Å². The Morgan fingerprint density at radius 3 is 2.67 bits per heavy atom. The molecular weight excluding hydrogens is 214 g/mol. The molecule has 1 heterocycles. The summed E-state index contributed by atoms with van der Waals surface area (Å²) in [6.45, 7) is 3.16. The summed E-state index contributed by atoms with van der Waals surface area (Å²) in [5.74, 6) is 0. The monoisotopic (exact) mass is 231 g/mol. The van der Waals surface area contributed by atoms with Crippen LogP contribution in [0.4, 0.5) is 0 Å².